The summed E-state index contributed by atoms with van der Waals surface area (Å²) in [6.07, 6.45) is 0.0419. The lowest BCUT2D eigenvalue weighted by atomic mass is 9.57. The summed E-state index contributed by atoms with van der Waals surface area (Å²) in [5.41, 5.74) is 2.15. The molecule has 214 valence electrons. The molecule has 1 heterocycles. The minimum absolute atomic E-state index is 0.0342. The molecule has 1 aromatic carbocycles. The standard InChI is InChI=1S/C28H34N4O8/c1-30(2)22-16-11-13-10-15-14(18(34)12-32-8-6-31(3)7-9-32)4-5-17(33)20(15)23(35)19(13)25(37)28(16,40)26(38)21(24(22)36)27(29)39/h4-5,13,16,22,33,35,38,40H,6-12H2,1-3H3,(H2,29,39)/t13-,16-,22+,28-/m0/s1. The Hall–Kier alpha value is -3.58. The number of aromatic hydroxyl groups is 1. The van der Waals surface area contributed by atoms with Crippen LogP contribution in [0.4, 0.5) is 0 Å². The number of nitrogens with two attached hydrogens (primary N) is 1. The fraction of sp³-hybridized carbons (Fsp3) is 0.500. The zero-order chi connectivity index (χ0) is 29.3. The number of phenolic OH excluding ortho intramolecular Hbond substituents is 1. The second-order valence-electron chi connectivity index (χ2n) is 11.4. The van der Waals surface area contributed by atoms with Crippen molar-refractivity contribution in [2.75, 3.05) is 53.9 Å². The minimum atomic E-state index is -2.70. The number of aliphatic hydroxyl groups excluding tert-OH is 2. The number of primary amides is 1. The van der Waals surface area contributed by atoms with E-state index >= 15 is 0 Å². The number of rotatable bonds is 5. The third-order valence-corrected chi connectivity index (χ3v) is 8.87. The van der Waals surface area contributed by atoms with E-state index < -0.39 is 58.0 Å². The van der Waals surface area contributed by atoms with E-state index in [9.17, 15) is 39.6 Å². The second kappa shape index (κ2) is 9.81. The van der Waals surface area contributed by atoms with E-state index in [1.807, 2.05) is 11.9 Å². The zero-order valence-corrected chi connectivity index (χ0v) is 22.7. The van der Waals surface area contributed by atoms with Crippen LogP contribution < -0.4 is 5.73 Å². The lowest BCUT2D eigenvalue weighted by Gasteiger charge is -2.50. The van der Waals surface area contributed by atoms with Gasteiger partial charge in [-0.2, -0.15) is 0 Å². The van der Waals surface area contributed by atoms with E-state index in [0.29, 0.717) is 11.1 Å². The number of carbonyl (C=O) groups excluding carboxylic acids is 4. The topological polar surface area (TPSA) is 185 Å². The molecule has 2 fully saturated rings. The molecule has 1 aliphatic heterocycles. The van der Waals surface area contributed by atoms with E-state index in [1.54, 1.807) is 14.1 Å². The van der Waals surface area contributed by atoms with Crippen molar-refractivity contribution >= 4 is 29.0 Å². The van der Waals surface area contributed by atoms with E-state index in [0.717, 1.165) is 26.2 Å². The van der Waals surface area contributed by atoms with E-state index in [2.05, 4.69) is 4.90 Å². The third kappa shape index (κ3) is 4.05. The van der Waals surface area contributed by atoms with Crippen molar-refractivity contribution < 1.29 is 39.6 Å². The maximum Gasteiger partial charge on any atom is 0.255 e. The van der Waals surface area contributed by atoms with Gasteiger partial charge in [-0.05, 0) is 57.6 Å². The molecule has 12 heteroatoms. The predicted molar refractivity (Wildman–Crippen MR) is 143 cm³/mol. The summed E-state index contributed by atoms with van der Waals surface area (Å²) in [5.74, 6) is -7.38. The Morgan fingerprint density at radius 1 is 1.10 bits per heavy atom. The Morgan fingerprint density at radius 3 is 2.35 bits per heavy atom. The van der Waals surface area contributed by atoms with Gasteiger partial charge >= 0.3 is 0 Å². The molecule has 4 atom stereocenters. The monoisotopic (exact) mass is 554 g/mol. The number of benzene rings is 1. The highest BCUT2D eigenvalue weighted by molar-refractivity contribution is 6.24. The lowest BCUT2D eigenvalue weighted by Crippen LogP contribution is -2.65. The SMILES string of the molecule is CN1CCN(CC(=O)c2ccc(O)c3c2C[C@H]2C[C@H]4[C@@H](N(C)C)C(=O)C(C(N)=O)=C(O)[C@@]4(O)C(=O)C2=C3O)CC1. The maximum atomic E-state index is 13.9. The lowest BCUT2D eigenvalue weighted by molar-refractivity contribution is -0.153. The van der Waals surface area contributed by atoms with Gasteiger partial charge in [-0.15, -0.1) is 0 Å². The summed E-state index contributed by atoms with van der Waals surface area (Å²) in [6.45, 7) is 3.25. The van der Waals surface area contributed by atoms with E-state index in [4.69, 9.17) is 5.73 Å². The molecule has 5 rings (SSSR count). The molecule has 1 saturated carbocycles. The Morgan fingerprint density at radius 2 is 1.75 bits per heavy atom. The summed E-state index contributed by atoms with van der Waals surface area (Å²) >= 11 is 0. The Labute approximate surface area is 231 Å². The minimum Gasteiger partial charge on any atom is -0.508 e. The average Bonchev–Trinajstić information content (AvgIpc) is 2.87. The predicted octanol–water partition coefficient (Wildman–Crippen LogP) is -0.606. The molecule has 0 unspecified atom stereocenters. The number of nitrogens with zero attached hydrogens (tertiary/aromatic N) is 3. The van der Waals surface area contributed by atoms with Gasteiger partial charge in [-0.3, -0.25) is 29.0 Å². The molecule has 3 aliphatic carbocycles. The van der Waals surface area contributed by atoms with Gasteiger partial charge in [0.25, 0.3) is 5.91 Å². The summed E-state index contributed by atoms with van der Waals surface area (Å²) in [6, 6.07) is 1.62. The summed E-state index contributed by atoms with van der Waals surface area (Å²) < 4.78 is 0. The Bertz CT molecular complexity index is 1390. The van der Waals surface area contributed by atoms with Crippen LogP contribution in [-0.4, -0.2) is 124 Å². The summed E-state index contributed by atoms with van der Waals surface area (Å²) in [5, 5.41) is 44.7. The molecule has 0 radical (unpaired) electrons. The molecule has 1 saturated heterocycles. The molecular weight excluding hydrogens is 520 g/mol. The summed E-state index contributed by atoms with van der Waals surface area (Å²) in [4.78, 5) is 58.3. The largest absolute Gasteiger partial charge is 0.508 e. The van der Waals surface area contributed by atoms with Gasteiger partial charge in [0.2, 0.25) is 5.78 Å². The number of aliphatic hydroxyl groups is 3. The van der Waals surface area contributed by atoms with Crippen molar-refractivity contribution in [1.82, 2.24) is 14.7 Å². The quantitative estimate of drug-likeness (QED) is 0.231. The van der Waals surface area contributed by atoms with Crippen LogP contribution in [0.25, 0.3) is 5.76 Å². The Balaban J connectivity index is 1.60. The van der Waals surface area contributed by atoms with Crippen molar-refractivity contribution in [1.29, 1.82) is 0 Å². The molecule has 4 aliphatic rings. The normalized spacial score (nSPS) is 29.4. The first-order valence-electron chi connectivity index (χ1n) is 13.2. The van der Waals surface area contributed by atoms with Gasteiger partial charge in [0, 0.05) is 43.2 Å². The molecule has 40 heavy (non-hydrogen) atoms. The van der Waals surface area contributed by atoms with Crippen LogP contribution in [0.1, 0.15) is 27.9 Å². The highest BCUT2D eigenvalue weighted by Crippen LogP contribution is 2.53. The molecular formula is C28H34N4O8. The smallest absolute Gasteiger partial charge is 0.255 e. The van der Waals surface area contributed by atoms with Crippen molar-refractivity contribution in [3.05, 3.63) is 45.7 Å². The highest BCUT2D eigenvalue weighted by Gasteiger charge is 2.64. The summed E-state index contributed by atoms with van der Waals surface area (Å²) in [7, 11) is 5.10. The van der Waals surface area contributed by atoms with Crippen LogP contribution in [-0.2, 0) is 20.8 Å². The second-order valence-corrected chi connectivity index (χ2v) is 11.4. The molecule has 6 N–H and O–H groups in total. The van der Waals surface area contributed by atoms with Gasteiger partial charge in [0.1, 0.15) is 22.8 Å². The highest BCUT2D eigenvalue weighted by atomic mass is 16.3. The van der Waals surface area contributed by atoms with Crippen LogP contribution in [0.2, 0.25) is 0 Å². The van der Waals surface area contributed by atoms with Crippen molar-refractivity contribution in [3.8, 4) is 5.75 Å². The first kappa shape index (κ1) is 28.0. The number of likely N-dealkylation sites (N-methyl/N-ethyl adjacent to an activating group) is 2. The average molecular weight is 555 g/mol. The fourth-order valence-corrected chi connectivity index (χ4v) is 6.80. The number of hydrogen-bond donors (Lipinski definition) is 5. The molecule has 0 bridgehead atoms. The molecule has 0 spiro atoms. The van der Waals surface area contributed by atoms with Gasteiger partial charge in [0.15, 0.2) is 17.2 Å². The number of phenols is 1. The van der Waals surface area contributed by atoms with E-state index in [-0.39, 0.29) is 42.1 Å². The number of ketones is 3. The van der Waals surface area contributed by atoms with Gasteiger partial charge in [0.05, 0.1) is 18.2 Å². The molecule has 1 amide bonds. The number of piperazine rings is 1. The van der Waals surface area contributed by atoms with Crippen molar-refractivity contribution in [2.24, 2.45) is 17.6 Å². The fourth-order valence-electron chi connectivity index (χ4n) is 6.80. The number of carbonyl (C=O) groups is 4. The number of fused-ring (bicyclic) bond motifs is 3. The van der Waals surface area contributed by atoms with Gasteiger partial charge in [-0.25, -0.2) is 0 Å². The first-order valence-corrected chi connectivity index (χ1v) is 13.2. The molecule has 0 aromatic heterocycles. The first-order chi connectivity index (χ1) is 18.8. The zero-order valence-electron chi connectivity index (χ0n) is 22.7. The number of hydrogen-bond acceptors (Lipinski definition) is 11. The number of Topliss-reactive ketones (excluding diaryl/α,β-unsaturated/α-hetero) is 3. The van der Waals surface area contributed by atoms with Crippen LogP contribution >= 0.6 is 0 Å². The Kier molecular flexibility index (Phi) is 6.86. The molecule has 12 nitrogen and oxygen atoms in total. The van der Waals surface area contributed by atoms with Crippen molar-refractivity contribution in [2.45, 2.75) is 24.5 Å². The maximum absolute atomic E-state index is 13.9. The third-order valence-electron chi connectivity index (χ3n) is 8.87. The van der Waals surface area contributed by atoms with Crippen molar-refractivity contribution in [3.63, 3.8) is 0 Å². The van der Waals surface area contributed by atoms with Gasteiger partial charge < -0.3 is 31.1 Å². The van der Waals surface area contributed by atoms with E-state index in [1.165, 1.54) is 17.0 Å². The van der Waals surface area contributed by atoms with Crippen LogP contribution in [0.5, 0.6) is 5.75 Å². The number of amides is 1. The van der Waals surface area contributed by atoms with Crippen LogP contribution in [0.3, 0.4) is 0 Å². The molecule has 1 aromatic rings. The van der Waals surface area contributed by atoms with Crippen LogP contribution in [0.15, 0.2) is 29.0 Å². The van der Waals surface area contributed by atoms with Crippen LogP contribution in [0, 0.1) is 11.8 Å². The van der Waals surface area contributed by atoms with Gasteiger partial charge in [-0.1, -0.05) is 0 Å².